The molecule has 2 aromatic heterocycles. The van der Waals surface area contributed by atoms with Crippen molar-refractivity contribution in [2.24, 2.45) is 0 Å². The molecule has 1 N–H and O–H groups in total. The quantitative estimate of drug-likeness (QED) is 0.761. The van der Waals surface area contributed by atoms with Gasteiger partial charge in [0.25, 0.3) is 0 Å². The van der Waals surface area contributed by atoms with Gasteiger partial charge in [-0.05, 0) is 19.1 Å². The zero-order valence-electron chi connectivity index (χ0n) is 10.2. The van der Waals surface area contributed by atoms with Crippen LogP contribution in [0.15, 0.2) is 42.6 Å². The van der Waals surface area contributed by atoms with Crippen molar-refractivity contribution in [3.8, 4) is 11.4 Å². The van der Waals surface area contributed by atoms with E-state index in [0.717, 1.165) is 11.1 Å². The predicted octanol–water partition coefficient (Wildman–Crippen LogP) is 2.40. The molecule has 5 heteroatoms. The summed E-state index contributed by atoms with van der Waals surface area (Å²) in [6, 6.07) is 11.1. The highest BCUT2D eigenvalue weighted by molar-refractivity contribution is 5.94. The maximum absolute atomic E-state index is 11.2. The minimum atomic E-state index is -1.05. The number of hydrogen-bond acceptors (Lipinski definition) is 3. The van der Waals surface area contributed by atoms with E-state index >= 15 is 0 Å². The van der Waals surface area contributed by atoms with Crippen molar-refractivity contribution < 1.29 is 9.90 Å². The molecular weight excluding hydrogens is 242 g/mol. The average Bonchev–Trinajstić information content (AvgIpc) is 2.79. The number of rotatable bonds is 2. The highest BCUT2D eigenvalue weighted by atomic mass is 16.4. The molecule has 19 heavy (non-hydrogen) atoms. The first-order valence-electron chi connectivity index (χ1n) is 5.81. The van der Waals surface area contributed by atoms with Crippen molar-refractivity contribution in [3.63, 3.8) is 0 Å². The Kier molecular flexibility index (Phi) is 2.52. The van der Waals surface area contributed by atoms with Gasteiger partial charge in [0.2, 0.25) is 0 Å². The maximum atomic E-state index is 11.2. The predicted molar refractivity (Wildman–Crippen MR) is 70.1 cm³/mol. The second-order valence-corrected chi connectivity index (χ2v) is 4.28. The van der Waals surface area contributed by atoms with Gasteiger partial charge in [-0.2, -0.15) is 5.10 Å². The Hall–Kier alpha value is -2.69. The largest absolute Gasteiger partial charge is 0.476 e. The van der Waals surface area contributed by atoms with Gasteiger partial charge in [0.05, 0.1) is 0 Å². The molecule has 2 heterocycles. The van der Waals surface area contributed by atoms with E-state index < -0.39 is 5.97 Å². The molecule has 0 saturated heterocycles. The number of aromatic nitrogens is 3. The summed E-state index contributed by atoms with van der Waals surface area (Å²) in [6.07, 6.45) is 1.61. The first-order valence-corrected chi connectivity index (χ1v) is 5.81. The lowest BCUT2D eigenvalue weighted by atomic mass is 10.1. The summed E-state index contributed by atoms with van der Waals surface area (Å²) < 4.78 is 1.55. The van der Waals surface area contributed by atoms with Crippen molar-refractivity contribution in [3.05, 3.63) is 53.9 Å². The van der Waals surface area contributed by atoms with Crippen LogP contribution in [0, 0.1) is 6.92 Å². The summed E-state index contributed by atoms with van der Waals surface area (Å²) in [7, 11) is 0. The Labute approximate surface area is 109 Å². The van der Waals surface area contributed by atoms with Crippen LogP contribution >= 0.6 is 0 Å². The Morgan fingerprint density at radius 3 is 2.63 bits per heavy atom. The van der Waals surface area contributed by atoms with Crippen LogP contribution in [0.5, 0.6) is 0 Å². The second kappa shape index (κ2) is 4.20. The van der Waals surface area contributed by atoms with E-state index in [9.17, 15) is 9.90 Å². The lowest BCUT2D eigenvalue weighted by Crippen LogP contribution is -1.97. The van der Waals surface area contributed by atoms with Gasteiger partial charge in [-0.3, -0.25) is 0 Å². The minimum Gasteiger partial charge on any atom is -0.476 e. The number of aromatic carboxylic acids is 1. The highest BCUT2D eigenvalue weighted by Crippen LogP contribution is 2.22. The third-order valence-corrected chi connectivity index (χ3v) is 2.92. The molecule has 0 amide bonds. The van der Waals surface area contributed by atoms with E-state index in [2.05, 4.69) is 10.1 Å². The van der Waals surface area contributed by atoms with Crippen LogP contribution < -0.4 is 0 Å². The first kappa shape index (κ1) is 11.4. The van der Waals surface area contributed by atoms with Crippen LogP contribution in [0.3, 0.4) is 0 Å². The Morgan fingerprint density at radius 2 is 1.95 bits per heavy atom. The monoisotopic (exact) mass is 253 g/mol. The Balaban J connectivity index is 2.29. The summed E-state index contributed by atoms with van der Waals surface area (Å²) in [4.78, 5) is 15.4. The zero-order chi connectivity index (χ0) is 13.4. The van der Waals surface area contributed by atoms with Gasteiger partial charge in [0.1, 0.15) is 5.52 Å². The summed E-state index contributed by atoms with van der Waals surface area (Å²) in [5.41, 5.74) is 2.48. The van der Waals surface area contributed by atoms with Crippen LogP contribution in [0.1, 0.15) is 16.1 Å². The Morgan fingerprint density at radius 1 is 1.21 bits per heavy atom. The van der Waals surface area contributed by atoms with Gasteiger partial charge >= 0.3 is 5.97 Å². The van der Waals surface area contributed by atoms with E-state index in [1.807, 2.05) is 31.2 Å². The minimum absolute atomic E-state index is 0.0173. The van der Waals surface area contributed by atoms with Gasteiger partial charge in [-0.25, -0.2) is 14.3 Å². The molecule has 3 aromatic rings. The third kappa shape index (κ3) is 1.85. The number of benzene rings is 1. The van der Waals surface area contributed by atoms with E-state index in [-0.39, 0.29) is 5.69 Å². The van der Waals surface area contributed by atoms with Crippen molar-refractivity contribution in [2.45, 2.75) is 6.92 Å². The van der Waals surface area contributed by atoms with Crippen LogP contribution in [0.25, 0.3) is 16.9 Å². The second-order valence-electron chi connectivity index (χ2n) is 4.28. The topological polar surface area (TPSA) is 67.5 Å². The molecule has 0 spiro atoms. The van der Waals surface area contributed by atoms with Crippen LogP contribution in [0.2, 0.25) is 0 Å². The van der Waals surface area contributed by atoms with Crippen molar-refractivity contribution in [2.75, 3.05) is 0 Å². The number of fused-ring (bicyclic) bond motifs is 1. The SMILES string of the molecule is Cc1ccc(-c2nc(C(=O)O)c3cccnn23)cc1. The molecule has 0 radical (unpaired) electrons. The molecule has 0 aliphatic rings. The summed E-state index contributed by atoms with van der Waals surface area (Å²) in [5, 5.41) is 13.4. The van der Waals surface area contributed by atoms with Crippen LogP contribution in [-0.2, 0) is 0 Å². The molecule has 0 unspecified atom stereocenters. The number of imidazole rings is 1. The van der Waals surface area contributed by atoms with E-state index in [4.69, 9.17) is 0 Å². The van der Waals surface area contributed by atoms with Crippen LogP contribution in [0.4, 0.5) is 0 Å². The summed E-state index contributed by atoms with van der Waals surface area (Å²) >= 11 is 0. The molecule has 0 aliphatic heterocycles. The number of carbonyl (C=O) groups is 1. The number of hydrogen-bond donors (Lipinski definition) is 1. The average molecular weight is 253 g/mol. The Bertz CT molecular complexity index is 760. The molecule has 0 atom stereocenters. The standard InChI is InChI=1S/C14H11N3O2/c1-9-4-6-10(7-5-9)13-16-12(14(18)19)11-3-2-8-15-17(11)13/h2-8H,1H3,(H,18,19). The van der Waals surface area contributed by atoms with E-state index in [1.54, 1.807) is 22.8 Å². The van der Waals surface area contributed by atoms with Crippen molar-refractivity contribution in [1.82, 2.24) is 14.6 Å². The fraction of sp³-hybridized carbons (Fsp3) is 0.0714. The molecule has 0 saturated carbocycles. The number of nitrogens with zero attached hydrogens (tertiary/aromatic N) is 3. The van der Waals surface area contributed by atoms with Gasteiger partial charge in [-0.15, -0.1) is 0 Å². The molecule has 94 valence electrons. The number of carboxylic acids is 1. The number of carboxylic acid groups (broad SMARTS) is 1. The van der Waals surface area contributed by atoms with Gasteiger partial charge in [0, 0.05) is 11.8 Å². The summed E-state index contributed by atoms with van der Waals surface area (Å²) in [6.45, 7) is 1.99. The molecule has 3 rings (SSSR count). The number of aryl methyl sites for hydroxylation is 1. The van der Waals surface area contributed by atoms with Gasteiger partial charge < -0.3 is 5.11 Å². The molecule has 0 fully saturated rings. The van der Waals surface area contributed by atoms with Crippen molar-refractivity contribution in [1.29, 1.82) is 0 Å². The fourth-order valence-corrected chi connectivity index (χ4v) is 1.98. The fourth-order valence-electron chi connectivity index (χ4n) is 1.98. The molecule has 1 aromatic carbocycles. The lowest BCUT2D eigenvalue weighted by molar-refractivity contribution is 0.0693. The van der Waals surface area contributed by atoms with Crippen LogP contribution in [-0.4, -0.2) is 25.7 Å². The smallest absolute Gasteiger partial charge is 0.356 e. The zero-order valence-corrected chi connectivity index (χ0v) is 10.2. The third-order valence-electron chi connectivity index (χ3n) is 2.92. The van der Waals surface area contributed by atoms with E-state index in [1.165, 1.54) is 0 Å². The highest BCUT2D eigenvalue weighted by Gasteiger charge is 2.17. The van der Waals surface area contributed by atoms with Gasteiger partial charge in [-0.1, -0.05) is 29.8 Å². The van der Waals surface area contributed by atoms with E-state index in [0.29, 0.717) is 11.3 Å². The molecule has 5 nitrogen and oxygen atoms in total. The summed E-state index contributed by atoms with van der Waals surface area (Å²) in [5.74, 6) is -0.517. The van der Waals surface area contributed by atoms with Crippen molar-refractivity contribution >= 4 is 11.5 Å². The molecular formula is C14H11N3O2. The maximum Gasteiger partial charge on any atom is 0.356 e. The van der Waals surface area contributed by atoms with Gasteiger partial charge in [0.15, 0.2) is 11.5 Å². The lowest BCUT2D eigenvalue weighted by Gasteiger charge is -2.00. The normalized spacial score (nSPS) is 10.8. The first-order chi connectivity index (χ1) is 9.16. The molecule has 0 bridgehead atoms. The molecule has 0 aliphatic carbocycles.